The molecule has 6 nitrogen and oxygen atoms in total. The number of nitrogens with one attached hydrogen (secondary N) is 1. The van der Waals surface area contributed by atoms with Crippen LogP contribution in [-0.4, -0.2) is 24.7 Å². The van der Waals surface area contributed by atoms with E-state index in [0.717, 1.165) is 41.9 Å². The molecule has 1 aliphatic heterocycles. The quantitative estimate of drug-likeness (QED) is 0.412. The normalized spacial score (nSPS) is 19.9. The number of benzene rings is 1. The third-order valence-corrected chi connectivity index (χ3v) is 6.95. The molecule has 0 unspecified atom stereocenters. The number of aromatic nitrogens is 4. The Hall–Kier alpha value is -3.37. The topological polar surface area (TPSA) is 75.3 Å². The molecule has 1 saturated carbocycles. The van der Waals surface area contributed by atoms with Gasteiger partial charge in [0.25, 0.3) is 0 Å². The summed E-state index contributed by atoms with van der Waals surface area (Å²) in [7, 11) is 0. The van der Waals surface area contributed by atoms with Crippen LogP contribution in [0.25, 0.3) is 16.8 Å². The van der Waals surface area contributed by atoms with Gasteiger partial charge in [-0.25, -0.2) is 13.9 Å². The van der Waals surface area contributed by atoms with E-state index >= 15 is 0 Å². The highest BCUT2D eigenvalue weighted by molar-refractivity contribution is 5.80. The van der Waals surface area contributed by atoms with Gasteiger partial charge in [0, 0.05) is 30.1 Å². The number of hydrogen-bond acceptors (Lipinski definition) is 5. The van der Waals surface area contributed by atoms with Gasteiger partial charge in [0.1, 0.15) is 11.5 Å². The SMILES string of the molecule is OCc1nn2c3c(cnc2c1-c1ccc(C(F)(F)F)nc1)CN[C@]3(Cc1cccc(F)c1)C1CC1. The number of alkyl halides is 3. The lowest BCUT2D eigenvalue weighted by molar-refractivity contribution is -0.141. The van der Waals surface area contributed by atoms with Crippen molar-refractivity contribution in [1.82, 2.24) is 24.9 Å². The molecule has 0 spiro atoms. The maximum atomic E-state index is 14.0. The summed E-state index contributed by atoms with van der Waals surface area (Å²) >= 11 is 0. The minimum atomic E-state index is -4.55. The van der Waals surface area contributed by atoms with Crippen molar-refractivity contribution in [3.63, 3.8) is 0 Å². The molecule has 6 rings (SSSR count). The largest absolute Gasteiger partial charge is 0.433 e. The van der Waals surface area contributed by atoms with Crippen LogP contribution in [0, 0.1) is 11.7 Å². The fraction of sp³-hybridized carbons (Fsp3) is 0.320. The van der Waals surface area contributed by atoms with Crippen molar-refractivity contribution in [3.8, 4) is 11.1 Å². The van der Waals surface area contributed by atoms with E-state index in [0.29, 0.717) is 41.4 Å². The minimum absolute atomic E-state index is 0.301. The van der Waals surface area contributed by atoms with Crippen molar-refractivity contribution in [2.75, 3.05) is 0 Å². The Kier molecular flexibility index (Phi) is 4.94. The average molecular weight is 483 g/mol. The molecule has 180 valence electrons. The molecule has 1 aliphatic carbocycles. The van der Waals surface area contributed by atoms with Crippen molar-refractivity contribution in [1.29, 1.82) is 0 Å². The lowest BCUT2D eigenvalue weighted by atomic mass is 9.83. The van der Waals surface area contributed by atoms with Crippen LogP contribution in [0.5, 0.6) is 0 Å². The lowest BCUT2D eigenvalue weighted by Gasteiger charge is -2.31. The smallest absolute Gasteiger partial charge is 0.390 e. The van der Waals surface area contributed by atoms with Crippen LogP contribution < -0.4 is 5.32 Å². The number of aliphatic hydroxyl groups is 1. The van der Waals surface area contributed by atoms with E-state index in [-0.39, 0.29) is 5.82 Å². The molecule has 1 aromatic carbocycles. The number of aliphatic hydroxyl groups excluding tert-OH is 1. The molecule has 0 radical (unpaired) electrons. The van der Waals surface area contributed by atoms with Gasteiger partial charge in [0.2, 0.25) is 0 Å². The first-order valence-electron chi connectivity index (χ1n) is 11.3. The van der Waals surface area contributed by atoms with E-state index in [2.05, 4.69) is 20.4 Å². The van der Waals surface area contributed by atoms with Crippen molar-refractivity contribution in [2.45, 2.75) is 44.1 Å². The maximum absolute atomic E-state index is 14.0. The van der Waals surface area contributed by atoms with E-state index in [1.165, 1.54) is 18.2 Å². The van der Waals surface area contributed by atoms with E-state index in [4.69, 9.17) is 0 Å². The Labute approximate surface area is 197 Å². The monoisotopic (exact) mass is 483 g/mol. The van der Waals surface area contributed by atoms with Crippen LogP contribution >= 0.6 is 0 Å². The molecule has 0 bridgehead atoms. The molecular weight excluding hydrogens is 462 g/mol. The summed E-state index contributed by atoms with van der Waals surface area (Å²) in [5.41, 5.74) is 2.76. The second-order valence-corrected chi connectivity index (χ2v) is 9.18. The van der Waals surface area contributed by atoms with Crippen molar-refractivity contribution < 1.29 is 22.7 Å². The summed E-state index contributed by atoms with van der Waals surface area (Å²) in [6.45, 7) is 0.151. The zero-order valence-corrected chi connectivity index (χ0v) is 18.5. The molecule has 1 fully saturated rings. The van der Waals surface area contributed by atoms with Crippen LogP contribution in [0.3, 0.4) is 0 Å². The van der Waals surface area contributed by atoms with Gasteiger partial charge in [-0.1, -0.05) is 18.2 Å². The Morgan fingerprint density at radius 3 is 2.60 bits per heavy atom. The molecule has 0 amide bonds. The Morgan fingerprint density at radius 1 is 1.11 bits per heavy atom. The minimum Gasteiger partial charge on any atom is -0.390 e. The predicted molar refractivity (Wildman–Crippen MR) is 118 cm³/mol. The Balaban J connectivity index is 1.52. The summed E-state index contributed by atoms with van der Waals surface area (Å²) in [4.78, 5) is 8.15. The highest BCUT2D eigenvalue weighted by Crippen LogP contribution is 2.51. The summed E-state index contributed by atoms with van der Waals surface area (Å²) in [6, 6.07) is 8.76. The average Bonchev–Trinajstić information content (AvgIpc) is 3.53. The zero-order valence-electron chi connectivity index (χ0n) is 18.5. The van der Waals surface area contributed by atoms with Crippen molar-refractivity contribution >= 4 is 5.65 Å². The zero-order chi connectivity index (χ0) is 24.4. The standard InChI is InChI=1S/C25H21F4N5O/c26-18-3-1-2-14(8-18)9-24(17-5-6-17)22-16(12-32-24)11-31-23-21(19(13-35)33-34(22)23)15-4-7-20(30-10-15)25(27,28)29/h1-4,7-8,10-11,17,32,35H,5-6,9,12-13H2/t24-/m1/s1. The molecule has 2 N–H and O–H groups in total. The van der Waals surface area contributed by atoms with Gasteiger partial charge in [-0.2, -0.15) is 18.3 Å². The molecule has 3 aromatic heterocycles. The summed E-state index contributed by atoms with van der Waals surface area (Å²) in [6.07, 6.45) is 0.896. The number of rotatable bonds is 5. The third-order valence-electron chi connectivity index (χ3n) is 6.95. The van der Waals surface area contributed by atoms with E-state index in [1.807, 2.05) is 6.07 Å². The Bertz CT molecular complexity index is 1430. The highest BCUT2D eigenvalue weighted by atomic mass is 19.4. The highest BCUT2D eigenvalue weighted by Gasteiger charge is 2.52. The van der Waals surface area contributed by atoms with Crippen LogP contribution in [0.2, 0.25) is 0 Å². The van der Waals surface area contributed by atoms with Gasteiger partial charge < -0.3 is 10.4 Å². The van der Waals surface area contributed by atoms with Gasteiger partial charge in [-0.05, 0) is 48.9 Å². The number of hydrogen-bond donors (Lipinski definition) is 2. The van der Waals surface area contributed by atoms with E-state index < -0.39 is 24.0 Å². The van der Waals surface area contributed by atoms with Crippen LogP contribution in [-0.2, 0) is 31.3 Å². The molecule has 1 atom stereocenters. The predicted octanol–water partition coefficient (Wildman–Crippen LogP) is 4.39. The van der Waals surface area contributed by atoms with Crippen molar-refractivity contribution in [2.24, 2.45) is 5.92 Å². The lowest BCUT2D eigenvalue weighted by Crippen LogP contribution is -2.42. The number of halogens is 4. The second-order valence-electron chi connectivity index (χ2n) is 9.18. The fourth-order valence-corrected chi connectivity index (χ4v) is 5.30. The van der Waals surface area contributed by atoms with Gasteiger partial charge >= 0.3 is 6.18 Å². The van der Waals surface area contributed by atoms with Crippen LogP contribution in [0.1, 0.15) is 41.1 Å². The number of nitrogens with zero attached hydrogens (tertiary/aromatic N) is 4. The molecule has 2 aliphatic rings. The van der Waals surface area contributed by atoms with E-state index in [1.54, 1.807) is 16.8 Å². The Morgan fingerprint density at radius 2 is 1.94 bits per heavy atom. The first-order valence-corrected chi connectivity index (χ1v) is 11.3. The summed E-state index contributed by atoms with van der Waals surface area (Å²) in [5, 5.41) is 18.4. The molecule has 35 heavy (non-hydrogen) atoms. The number of fused-ring (bicyclic) bond motifs is 3. The molecular formula is C25H21F4N5O. The summed E-state index contributed by atoms with van der Waals surface area (Å²) < 4.78 is 54.7. The van der Waals surface area contributed by atoms with E-state index in [9.17, 15) is 22.7 Å². The fourth-order valence-electron chi connectivity index (χ4n) is 5.30. The second kappa shape index (κ2) is 7.82. The van der Waals surface area contributed by atoms with Gasteiger partial charge in [-0.15, -0.1) is 0 Å². The first-order chi connectivity index (χ1) is 16.8. The van der Waals surface area contributed by atoms with Crippen molar-refractivity contribution in [3.05, 3.63) is 82.8 Å². The van der Waals surface area contributed by atoms with Gasteiger partial charge in [0.15, 0.2) is 5.65 Å². The molecule has 4 aromatic rings. The van der Waals surface area contributed by atoms with Gasteiger partial charge in [0.05, 0.1) is 29.1 Å². The maximum Gasteiger partial charge on any atom is 0.433 e. The molecule has 10 heteroatoms. The van der Waals surface area contributed by atoms with Crippen LogP contribution in [0.15, 0.2) is 48.8 Å². The first kappa shape index (κ1) is 22.1. The molecule has 0 saturated heterocycles. The third kappa shape index (κ3) is 3.59. The van der Waals surface area contributed by atoms with Gasteiger partial charge in [-0.3, -0.25) is 4.98 Å². The number of pyridine rings is 1. The summed E-state index contributed by atoms with van der Waals surface area (Å²) in [5.74, 6) is 0.0147. The molecule has 4 heterocycles. The van der Waals surface area contributed by atoms with Crippen LogP contribution in [0.4, 0.5) is 17.6 Å².